The van der Waals surface area contributed by atoms with Crippen LogP contribution in [0.15, 0.2) is 6.20 Å². The number of pyridine rings is 1. The van der Waals surface area contributed by atoms with E-state index in [0.717, 1.165) is 6.20 Å². The number of rotatable bonds is 4. The average molecular weight is 297 g/mol. The fourth-order valence-electron chi connectivity index (χ4n) is 1.22. The third-order valence-electron chi connectivity index (χ3n) is 1.91. The highest BCUT2D eigenvalue weighted by atomic mass is 79.9. The van der Waals surface area contributed by atoms with E-state index in [2.05, 4.69) is 25.7 Å². The van der Waals surface area contributed by atoms with Crippen molar-refractivity contribution in [1.82, 2.24) is 4.98 Å². The second kappa shape index (κ2) is 5.15. The Kier molecular flexibility index (Phi) is 4.11. The van der Waals surface area contributed by atoms with E-state index in [0.29, 0.717) is 0 Å². The lowest BCUT2D eigenvalue weighted by molar-refractivity contribution is -0.385. The Morgan fingerprint density at radius 2 is 2.31 bits per heavy atom. The monoisotopic (exact) mass is 296 g/mol. The number of hydrogen-bond acceptors (Lipinski definition) is 4. The molecule has 1 rings (SSSR count). The van der Waals surface area contributed by atoms with Gasteiger partial charge in [-0.15, -0.1) is 0 Å². The van der Waals surface area contributed by atoms with Crippen LogP contribution >= 0.6 is 15.9 Å². The van der Waals surface area contributed by atoms with Gasteiger partial charge in [0.2, 0.25) is 5.88 Å². The lowest BCUT2D eigenvalue weighted by Gasteiger charge is -2.10. The molecule has 16 heavy (non-hydrogen) atoms. The van der Waals surface area contributed by atoms with Crippen molar-refractivity contribution < 1.29 is 18.4 Å². The van der Waals surface area contributed by atoms with Crippen LogP contribution < -0.4 is 4.74 Å². The number of nitro groups is 1. The molecule has 0 unspecified atom stereocenters. The molecule has 1 aromatic heterocycles. The second-order valence-electron chi connectivity index (χ2n) is 2.74. The highest BCUT2D eigenvalue weighted by Gasteiger charge is 2.27. The van der Waals surface area contributed by atoms with Crippen molar-refractivity contribution in [3.05, 3.63) is 27.4 Å². The van der Waals surface area contributed by atoms with Gasteiger partial charge < -0.3 is 4.74 Å². The molecule has 0 atom stereocenters. The summed E-state index contributed by atoms with van der Waals surface area (Å²) in [6.45, 7) is 0. The molecule has 5 nitrogen and oxygen atoms in total. The van der Waals surface area contributed by atoms with Crippen LogP contribution in [0, 0.1) is 10.1 Å². The summed E-state index contributed by atoms with van der Waals surface area (Å²) in [6.07, 6.45) is -1.98. The molecule has 0 aliphatic heterocycles. The quantitative estimate of drug-likeness (QED) is 0.487. The van der Waals surface area contributed by atoms with E-state index in [1.165, 1.54) is 7.11 Å². The molecular formula is C8H7BrF2N2O3. The van der Waals surface area contributed by atoms with E-state index in [1.54, 1.807) is 0 Å². The lowest BCUT2D eigenvalue weighted by Crippen LogP contribution is -2.04. The van der Waals surface area contributed by atoms with Crippen molar-refractivity contribution >= 4 is 21.6 Å². The Bertz CT molecular complexity index is 415. The van der Waals surface area contributed by atoms with E-state index in [9.17, 15) is 18.9 Å². The fraction of sp³-hybridized carbons (Fsp3) is 0.375. The molecule has 1 heterocycles. The van der Waals surface area contributed by atoms with E-state index in [1.807, 2.05) is 0 Å². The highest BCUT2D eigenvalue weighted by Crippen LogP contribution is 2.36. The molecule has 8 heteroatoms. The molecule has 0 aliphatic carbocycles. The molecule has 0 spiro atoms. The molecular weight excluding hydrogens is 290 g/mol. The van der Waals surface area contributed by atoms with Gasteiger partial charge in [-0.05, 0) is 0 Å². The minimum Gasteiger partial charge on any atom is -0.481 e. The molecule has 0 bridgehead atoms. The Hall–Kier alpha value is -1.31. The summed E-state index contributed by atoms with van der Waals surface area (Å²) in [6, 6.07) is 0. The zero-order valence-electron chi connectivity index (χ0n) is 8.11. The first kappa shape index (κ1) is 12.8. The Morgan fingerprint density at radius 1 is 1.69 bits per heavy atom. The van der Waals surface area contributed by atoms with Crippen LogP contribution in [0.5, 0.6) is 5.88 Å². The Balaban J connectivity index is 3.49. The smallest absolute Gasteiger partial charge is 0.292 e. The SMILES string of the molecule is COc1ncc([N+](=O)[O-])c(CBr)c1C(F)F. The summed E-state index contributed by atoms with van der Waals surface area (Å²) in [5.74, 6) is -0.296. The molecule has 0 radical (unpaired) electrons. The minimum absolute atomic E-state index is 0.0676. The molecule has 0 saturated carbocycles. The summed E-state index contributed by atoms with van der Waals surface area (Å²) in [5, 5.41) is 10.5. The summed E-state index contributed by atoms with van der Waals surface area (Å²) >= 11 is 2.94. The number of hydrogen-bond donors (Lipinski definition) is 0. The molecule has 0 aliphatic rings. The largest absolute Gasteiger partial charge is 0.481 e. The van der Waals surface area contributed by atoms with Crippen molar-refractivity contribution in [2.24, 2.45) is 0 Å². The van der Waals surface area contributed by atoms with Gasteiger partial charge in [0.25, 0.3) is 12.1 Å². The van der Waals surface area contributed by atoms with Gasteiger partial charge in [0, 0.05) is 5.33 Å². The maximum absolute atomic E-state index is 12.7. The molecule has 88 valence electrons. The van der Waals surface area contributed by atoms with Crippen molar-refractivity contribution in [2.75, 3.05) is 7.11 Å². The van der Waals surface area contributed by atoms with Crippen LogP contribution in [-0.4, -0.2) is 17.0 Å². The zero-order chi connectivity index (χ0) is 12.3. The van der Waals surface area contributed by atoms with E-state index < -0.39 is 22.6 Å². The predicted molar refractivity (Wildman–Crippen MR) is 55.0 cm³/mol. The predicted octanol–water partition coefficient (Wildman–Crippen LogP) is 2.83. The molecule has 0 saturated heterocycles. The summed E-state index contributed by atoms with van der Waals surface area (Å²) < 4.78 is 30.1. The van der Waals surface area contributed by atoms with Crippen LogP contribution in [0.3, 0.4) is 0 Å². The van der Waals surface area contributed by atoms with Crippen LogP contribution in [-0.2, 0) is 5.33 Å². The Labute approximate surface area is 97.7 Å². The highest BCUT2D eigenvalue weighted by molar-refractivity contribution is 9.08. The number of aromatic nitrogens is 1. The van der Waals surface area contributed by atoms with Gasteiger partial charge in [0.15, 0.2) is 0 Å². The number of methoxy groups -OCH3 is 1. The van der Waals surface area contributed by atoms with Gasteiger partial charge >= 0.3 is 0 Å². The van der Waals surface area contributed by atoms with Crippen LogP contribution in [0.4, 0.5) is 14.5 Å². The second-order valence-corrected chi connectivity index (χ2v) is 3.30. The van der Waals surface area contributed by atoms with Gasteiger partial charge in [0.1, 0.15) is 6.20 Å². The van der Waals surface area contributed by atoms with E-state index >= 15 is 0 Å². The van der Waals surface area contributed by atoms with Crippen LogP contribution in [0.1, 0.15) is 17.6 Å². The molecule has 0 aromatic carbocycles. The average Bonchev–Trinajstić information content (AvgIpc) is 2.26. The van der Waals surface area contributed by atoms with Gasteiger partial charge in [-0.1, -0.05) is 15.9 Å². The number of halogens is 3. The molecule has 1 aromatic rings. The van der Waals surface area contributed by atoms with Crippen molar-refractivity contribution in [3.8, 4) is 5.88 Å². The fourth-order valence-corrected chi connectivity index (χ4v) is 1.81. The standard InChI is InChI=1S/C8H7BrF2N2O3/c1-16-8-6(7(10)11)4(2-9)5(3-12-8)13(14)15/h3,7H,2H2,1H3. The third kappa shape index (κ3) is 2.26. The van der Waals surface area contributed by atoms with E-state index in [4.69, 9.17) is 0 Å². The molecule has 0 N–H and O–H groups in total. The van der Waals surface area contributed by atoms with Crippen LogP contribution in [0.25, 0.3) is 0 Å². The van der Waals surface area contributed by atoms with Gasteiger partial charge in [-0.2, -0.15) is 0 Å². The third-order valence-corrected chi connectivity index (χ3v) is 2.47. The topological polar surface area (TPSA) is 65.3 Å². The van der Waals surface area contributed by atoms with Crippen molar-refractivity contribution in [1.29, 1.82) is 0 Å². The van der Waals surface area contributed by atoms with Crippen molar-refractivity contribution in [2.45, 2.75) is 11.8 Å². The summed E-state index contributed by atoms with van der Waals surface area (Å²) in [7, 11) is 1.18. The maximum Gasteiger partial charge on any atom is 0.292 e. The molecule has 0 fully saturated rings. The lowest BCUT2D eigenvalue weighted by atomic mass is 10.1. The number of alkyl halides is 3. The zero-order valence-corrected chi connectivity index (χ0v) is 9.70. The number of ether oxygens (including phenoxy) is 1. The molecule has 0 amide bonds. The Morgan fingerprint density at radius 3 is 2.69 bits per heavy atom. The van der Waals surface area contributed by atoms with Crippen LogP contribution in [0.2, 0.25) is 0 Å². The minimum atomic E-state index is -2.88. The van der Waals surface area contributed by atoms with E-state index in [-0.39, 0.29) is 16.8 Å². The van der Waals surface area contributed by atoms with Gasteiger partial charge in [0.05, 0.1) is 23.2 Å². The first-order valence-electron chi connectivity index (χ1n) is 4.07. The van der Waals surface area contributed by atoms with Gasteiger partial charge in [-0.25, -0.2) is 13.8 Å². The van der Waals surface area contributed by atoms with Crippen molar-refractivity contribution in [3.63, 3.8) is 0 Å². The first-order valence-corrected chi connectivity index (χ1v) is 5.19. The summed E-state index contributed by atoms with van der Waals surface area (Å²) in [5.41, 5.74) is -1.12. The first-order chi connectivity index (χ1) is 7.52. The maximum atomic E-state index is 12.7. The normalized spacial score (nSPS) is 10.6. The number of nitrogens with zero attached hydrogens (tertiary/aromatic N) is 2. The van der Waals surface area contributed by atoms with Gasteiger partial charge in [-0.3, -0.25) is 10.1 Å². The summed E-state index contributed by atoms with van der Waals surface area (Å²) in [4.78, 5) is 13.3.